The molecule has 2 aromatic carbocycles. The molecule has 5 heteroatoms. The molecule has 0 fully saturated rings. The van der Waals surface area contributed by atoms with Crippen molar-refractivity contribution in [2.24, 2.45) is 0 Å². The normalized spacial score (nSPS) is 13.8. The lowest BCUT2D eigenvalue weighted by Gasteiger charge is -2.18. The van der Waals surface area contributed by atoms with Crippen LogP contribution in [0.2, 0.25) is 0 Å². The van der Waals surface area contributed by atoms with Crippen LogP contribution in [0.15, 0.2) is 42.5 Å². The van der Waals surface area contributed by atoms with E-state index in [1.807, 2.05) is 42.5 Å². The van der Waals surface area contributed by atoms with Gasteiger partial charge in [0, 0.05) is 13.0 Å². The minimum atomic E-state index is -0.521. The van der Waals surface area contributed by atoms with Gasteiger partial charge in [0.2, 0.25) is 0 Å². The summed E-state index contributed by atoms with van der Waals surface area (Å²) in [6.45, 7) is 1.23. The lowest BCUT2D eigenvalue weighted by atomic mass is 10.0. The van der Waals surface area contributed by atoms with E-state index in [2.05, 4.69) is 5.32 Å². The van der Waals surface area contributed by atoms with E-state index >= 15 is 0 Å². The SMILES string of the molecule is COC(=O)[C@@H](NCc1cccc(OC)c1)c1ccc2c(c1)CCO2. The van der Waals surface area contributed by atoms with Crippen LogP contribution in [0.4, 0.5) is 0 Å². The summed E-state index contributed by atoms with van der Waals surface area (Å²) in [6, 6.07) is 13.1. The molecule has 0 spiro atoms. The molecule has 0 saturated heterocycles. The molecule has 0 amide bonds. The molecule has 126 valence electrons. The van der Waals surface area contributed by atoms with E-state index in [-0.39, 0.29) is 5.97 Å². The van der Waals surface area contributed by atoms with E-state index in [9.17, 15) is 4.79 Å². The van der Waals surface area contributed by atoms with Gasteiger partial charge < -0.3 is 14.2 Å². The van der Waals surface area contributed by atoms with Crippen molar-refractivity contribution in [2.45, 2.75) is 19.0 Å². The summed E-state index contributed by atoms with van der Waals surface area (Å²) in [6.07, 6.45) is 0.868. The number of carbonyl (C=O) groups excluding carboxylic acids is 1. The van der Waals surface area contributed by atoms with Crippen molar-refractivity contribution >= 4 is 5.97 Å². The molecule has 5 nitrogen and oxygen atoms in total. The Labute approximate surface area is 141 Å². The summed E-state index contributed by atoms with van der Waals surface area (Å²) < 4.78 is 15.7. The van der Waals surface area contributed by atoms with Crippen LogP contribution >= 0.6 is 0 Å². The average molecular weight is 327 g/mol. The molecule has 1 atom stereocenters. The van der Waals surface area contributed by atoms with E-state index < -0.39 is 6.04 Å². The van der Waals surface area contributed by atoms with Gasteiger partial charge in [0.1, 0.15) is 17.5 Å². The second kappa shape index (κ2) is 7.36. The fraction of sp³-hybridized carbons (Fsp3) is 0.316. The molecule has 1 aliphatic rings. The molecule has 1 aliphatic heterocycles. The van der Waals surface area contributed by atoms with E-state index in [4.69, 9.17) is 14.2 Å². The molecule has 0 aromatic heterocycles. The smallest absolute Gasteiger partial charge is 0.327 e. The number of hydrogen-bond donors (Lipinski definition) is 1. The summed E-state index contributed by atoms with van der Waals surface area (Å²) in [5, 5.41) is 3.27. The number of nitrogens with one attached hydrogen (secondary N) is 1. The topological polar surface area (TPSA) is 56.8 Å². The maximum atomic E-state index is 12.2. The summed E-state index contributed by atoms with van der Waals surface area (Å²) in [5.41, 5.74) is 3.05. The highest BCUT2D eigenvalue weighted by molar-refractivity contribution is 5.77. The fourth-order valence-corrected chi connectivity index (χ4v) is 2.84. The largest absolute Gasteiger partial charge is 0.497 e. The maximum absolute atomic E-state index is 12.2. The van der Waals surface area contributed by atoms with Crippen LogP contribution in [0.3, 0.4) is 0 Å². The van der Waals surface area contributed by atoms with Crippen molar-refractivity contribution in [3.8, 4) is 11.5 Å². The Morgan fingerprint density at radius 2 is 2.12 bits per heavy atom. The summed E-state index contributed by atoms with van der Waals surface area (Å²) in [5.74, 6) is 1.38. The van der Waals surface area contributed by atoms with Gasteiger partial charge in [-0.25, -0.2) is 4.79 Å². The van der Waals surface area contributed by atoms with Crippen LogP contribution in [-0.4, -0.2) is 26.8 Å². The molecular weight excluding hydrogens is 306 g/mol. The van der Waals surface area contributed by atoms with Crippen LogP contribution in [0.5, 0.6) is 11.5 Å². The fourth-order valence-electron chi connectivity index (χ4n) is 2.84. The molecule has 0 saturated carbocycles. The third-order valence-corrected chi connectivity index (χ3v) is 4.13. The Morgan fingerprint density at radius 3 is 2.92 bits per heavy atom. The zero-order chi connectivity index (χ0) is 16.9. The first-order chi connectivity index (χ1) is 11.7. The van der Waals surface area contributed by atoms with Gasteiger partial charge in [-0.1, -0.05) is 18.2 Å². The summed E-state index contributed by atoms with van der Waals surface area (Å²) in [4.78, 5) is 12.2. The van der Waals surface area contributed by atoms with Crippen LogP contribution in [0.25, 0.3) is 0 Å². The second-order valence-corrected chi connectivity index (χ2v) is 5.65. The first kappa shape index (κ1) is 16.3. The lowest BCUT2D eigenvalue weighted by Crippen LogP contribution is -2.29. The number of esters is 1. The van der Waals surface area contributed by atoms with Gasteiger partial charge in [-0.2, -0.15) is 0 Å². The van der Waals surface area contributed by atoms with Gasteiger partial charge in [0.05, 0.1) is 20.8 Å². The zero-order valence-corrected chi connectivity index (χ0v) is 13.9. The number of rotatable bonds is 6. The molecule has 1 N–H and O–H groups in total. The Hall–Kier alpha value is -2.53. The number of ether oxygens (including phenoxy) is 3. The average Bonchev–Trinajstić information content (AvgIpc) is 3.09. The predicted molar refractivity (Wildman–Crippen MR) is 90.2 cm³/mol. The Morgan fingerprint density at radius 1 is 1.25 bits per heavy atom. The molecule has 0 aliphatic carbocycles. The van der Waals surface area contributed by atoms with Gasteiger partial charge >= 0.3 is 5.97 Å². The predicted octanol–water partition coefficient (Wildman–Crippen LogP) is 2.63. The van der Waals surface area contributed by atoms with Crippen molar-refractivity contribution in [3.05, 3.63) is 59.2 Å². The standard InChI is InChI=1S/C19H21NO4/c1-22-16-5-3-4-13(10-16)12-20-18(19(21)23-2)15-6-7-17-14(11-15)8-9-24-17/h3-7,10-11,18,20H,8-9,12H2,1-2H3/t18-/m0/s1. The zero-order valence-electron chi connectivity index (χ0n) is 13.9. The molecule has 0 bridgehead atoms. The van der Waals surface area contributed by atoms with Crippen molar-refractivity contribution < 1.29 is 19.0 Å². The number of fused-ring (bicyclic) bond motifs is 1. The number of carbonyl (C=O) groups is 1. The molecule has 2 aromatic rings. The van der Waals surface area contributed by atoms with Crippen LogP contribution in [-0.2, 0) is 22.5 Å². The van der Waals surface area contributed by atoms with E-state index in [0.29, 0.717) is 13.2 Å². The van der Waals surface area contributed by atoms with Gasteiger partial charge in [-0.3, -0.25) is 5.32 Å². The monoisotopic (exact) mass is 327 g/mol. The molecule has 3 rings (SSSR count). The number of hydrogen-bond acceptors (Lipinski definition) is 5. The highest BCUT2D eigenvalue weighted by atomic mass is 16.5. The summed E-state index contributed by atoms with van der Waals surface area (Å²) >= 11 is 0. The van der Waals surface area contributed by atoms with E-state index in [1.54, 1.807) is 7.11 Å². The third kappa shape index (κ3) is 3.51. The van der Waals surface area contributed by atoms with E-state index in [1.165, 1.54) is 7.11 Å². The minimum Gasteiger partial charge on any atom is -0.497 e. The Kier molecular flexibility index (Phi) is 5.01. The molecule has 1 heterocycles. The van der Waals surface area contributed by atoms with Crippen LogP contribution < -0.4 is 14.8 Å². The van der Waals surface area contributed by atoms with Gasteiger partial charge in [0.15, 0.2) is 0 Å². The molecule has 0 unspecified atom stereocenters. The quantitative estimate of drug-likeness (QED) is 0.827. The lowest BCUT2D eigenvalue weighted by molar-refractivity contribution is -0.143. The third-order valence-electron chi connectivity index (χ3n) is 4.13. The van der Waals surface area contributed by atoms with Gasteiger partial charge in [0.25, 0.3) is 0 Å². The van der Waals surface area contributed by atoms with Crippen LogP contribution in [0.1, 0.15) is 22.7 Å². The molecular formula is C19H21NO4. The number of benzene rings is 2. The summed E-state index contributed by atoms with van der Waals surface area (Å²) in [7, 11) is 3.04. The second-order valence-electron chi connectivity index (χ2n) is 5.65. The van der Waals surface area contributed by atoms with Crippen molar-refractivity contribution in [1.82, 2.24) is 5.32 Å². The minimum absolute atomic E-state index is 0.309. The van der Waals surface area contributed by atoms with Crippen molar-refractivity contribution in [1.29, 1.82) is 0 Å². The van der Waals surface area contributed by atoms with Crippen molar-refractivity contribution in [3.63, 3.8) is 0 Å². The first-order valence-corrected chi connectivity index (χ1v) is 7.91. The first-order valence-electron chi connectivity index (χ1n) is 7.91. The molecule has 0 radical (unpaired) electrons. The maximum Gasteiger partial charge on any atom is 0.327 e. The van der Waals surface area contributed by atoms with Gasteiger partial charge in [-0.15, -0.1) is 0 Å². The Balaban J connectivity index is 1.78. The highest BCUT2D eigenvalue weighted by Gasteiger charge is 2.23. The highest BCUT2D eigenvalue weighted by Crippen LogP contribution is 2.28. The molecule has 24 heavy (non-hydrogen) atoms. The van der Waals surface area contributed by atoms with Crippen LogP contribution in [0, 0.1) is 0 Å². The Bertz CT molecular complexity index is 729. The van der Waals surface area contributed by atoms with Gasteiger partial charge in [-0.05, 0) is 41.0 Å². The number of methoxy groups -OCH3 is 2. The van der Waals surface area contributed by atoms with E-state index in [0.717, 1.165) is 34.6 Å². The van der Waals surface area contributed by atoms with Crippen molar-refractivity contribution in [2.75, 3.05) is 20.8 Å².